The van der Waals surface area contributed by atoms with E-state index in [0.717, 1.165) is 23.3 Å². The molecule has 5 aromatic rings. The Morgan fingerprint density at radius 1 is 0.667 bits per heavy atom. The predicted molar refractivity (Wildman–Crippen MR) is 229 cm³/mol. The molecule has 63 heavy (non-hydrogen) atoms. The van der Waals surface area contributed by atoms with Gasteiger partial charge in [-0.1, -0.05) is 102 Å². The summed E-state index contributed by atoms with van der Waals surface area (Å²) in [6, 6.07) is 32.3. The quantitative estimate of drug-likeness (QED) is 0.0607. The molecule has 12 nitrogen and oxygen atoms in total. The summed E-state index contributed by atoms with van der Waals surface area (Å²) in [5.74, 6) is -2.88. The zero-order chi connectivity index (χ0) is 44.5. The Labute approximate surface area is 372 Å². The van der Waals surface area contributed by atoms with Gasteiger partial charge in [-0.25, -0.2) is 13.3 Å². The molecule has 5 aromatic carbocycles. The molecule has 3 aliphatic rings. The molecule has 1 atom stereocenters. The molecule has 3 fully saturated rings. The molecule has 8 rings (SSSR count). The maximum absolute atomic E-state index is 14.2. The van der Waals surface area contributed by atoms with Crippen molar-refractivity contribution in [2.24, 2.45) is 0 Å². The van der Waals surface area contributed by atoms with E-state index < -0.39 is 67.6 Å². The van der Waals surface area contributed by atoms with Gasteiger partial charge in [0.2, 0.25) is 0 Å². The maximum atomic E-state index is 14.2. The number of fused-ring (bicyclic) bond motifs is 3. The van der Waals surface area contributed by atoms with Crippen molar-refractivity contribution in [3.8, 4) is 17.2 Å². The van der Waals surface area contributed by atoms with Crippen molar-refractivity contribution in [2.75, 3.05) is 13.2 Å². The molecule has 2 amide bonds. The minimum atomic E-state index is -4.31. The number of nitrogens with one attached hydrogen (secondary N) is 2. The van der Waals surface area contributed by atoms with E-state index in [0.29, 0.717) is 31.2 Å². The van der Waals surface area contributed by atoms with Gasteiger partial charge < -0.3 is 29.4 Å². The second kappa shape index (κ2) is 20.3. The van der Waals surface area contributed by atoms with E-state index in [1.165, 1.54) is 30.3 Å². The van der Waals surface area contributed by atoms with Crippen LogP contribution < -0.4 is 24.6 Å². The lowest BCUT2D eigenvalue weighted by Gasteiger charge is -2.57. The highest BCUT2D eigenvalue weighted by Crippen LogP contribution is 2.52. The lowest BCUT2D eigenvalue weighted by atomic mass is 9.59. The molecular weight excluding hydrogens is 880 g/mol. The minimum Gasteiger partial charge on any atom is -0.484 e. The average Bonchev–Trinajstić information content (AvgIpc) is 3.28. The summed E-state index contributed by atoms with van der Waals surface area (Å²) in [6.07, 6.45) is 0.250. The molecule has 3 saturated carbocycles. The van der Waals surface area contributed by atoms with E-state index in [1.54, 1.807) is 42.5 Å². The summed E-state index contributed by atoms with van der Waals surface area (Å²) in [4.78, 5) is 40.7. The van der Waals surface area contributed by atoms with Gasteiger partial charge in [0.1, 0.15) is 35.0 Å². The van der Waals surface area contributed by atoms with E-state index >= 15 is 0 Å². The zero-order valence-corrected chi connectivity index (χ0v) is 36.1. The fourth-order valence-electron chi connectivity index (χ4n) is 7.62. The third kappa shape index (κ3) is 12.2. The number of para-hydroxylation sites is 1. The largest absolute Gasteiger partial charge is 0.530 e. The van der Waals surface area contributed by atoms with Gasteiger partial charge in [0.25, 0.3) is 11.8 Å². The second-order valence-corrected chi connectivity index (χ2v) is 17.7. The molecule has 330 valence electrons. The molecule has 0 radical (unpaired) electrons. The number of carbonyl (C=O) groups excluding carboxylic acids is 3. The van der Waals surface area contributed by atoms with Crippen LogP contribution in [0.5, 0.6) is 17.2 Å². The molecule has 17 heteroatoms. The molecule has 0 saturated heterocycles. The van der Waals surface area contributed by atoms with E-state index in [-0.39, 0.29) is 53.3 Å². The van der Waals surface area contributed by atoms with Crippen molar-refractivity contribution in [3.05, 3.63) is 160 Å². The van der Waals surface area contributed by atoms with Crippen LogP contribution in [0.15, 0.2) is 121 Å². The highest BCUT2D eigenvalue weighted by molar-refractivity contribution is 7.48. The first kappa shape index (κ1) is 45.5. The Morgan fingerprint density at radius 2 is 1.17 bits per heavy atom. The van der Waals surface area contributed by atoms with E-state index in [9.17, 15) is 27.7 Å². The number of phosphoric ester groups is 1. The maximum Gasteiger partial charge on any atom is 0.530 e. The normalized spacial score (nSPS) is 19.1. The van der Waals surface area contributed by atoms with Gasteiger partial charge in [-0.15, -0.1) is 0 Å². The lowest BCUT2D eigenvalue weighted by molar-refractivity contribution is -0.166. The van der Waals surface area contributed by atoms with E-state index in [2.05, 4.69) is 10.6 Å². The molecule has 0 spiro atoms. The number of hydrogen-bond acceptors (Lipinski definition) is 10. The number of phosphoric acid groups is 1. The topological polar surface area (TPSA) is 148 Å². The van der Waals surface area contributed by atoms with Gasteiger partial charge in [-0.2, -0.15) is 0 Å². The van der Waals surface area contributed by atoms with Crippen molar-refractivity contribution >= 4 is 48.8 Å². The molecule has 0 aliphatic heterocycles. The molecule has 3 aliphatic carbocycles. The van der Waals surface area contributed by atoms with E-state index in [1.807, 2.05) is 36.4 Å². The highest BCUT2D eigenvalue weighted by Gasteiger charge is 2.57. The smallest absolute Gasteiger partial charge is 0.484 e. The lowest BCUT2D eigenvalue weighted by Crippen LogP contribution is -2.71. The van der Waals surface area contributed by atoms with Crippen LogP contribution in [-0.4, -0.2) is 48.2 Å². The molecule has 0 heterocycles. The number of amides is 2. The summed E-state index contributed by atoms with van der Waals surface area (Å²) >= 11 is 11.6. The first-order valence-electron chi connectivity index (χ1n) is 20.0. The van der Waals surface area contributed by atoms with Gasteiger partial charge in [-0.05, 0) is 67.1 Å². The third-order valence-corrected chi connectivity index (χ3v) is 12.8. The first-order valence-corrected chi connectivity index (χ1v) is 22.2. The van der Waals surface area contributed by atoms with Gasteiger partial charge in [0.15, 0.2) is 13.2 Å². The summed E-state index contributed by atoms with van der Waals surface area (Å²) < 4.78 is 77.2. The first-order chi connectivity index (χ1) is 30.3. The van der Waals surface area contributed by atoms with Crippen LogP contribution >= 0.6 is 31.0 Å². The van der Waals surface area contributed by atoms with Crippen LogP contribution in [0.25, 0.3) is 0 Å². The summed E-state index contributed by atoms with van der Waals surface area (Å²) in [5.41, 5.74) is -0.134. The molecule has 2 N–H and O–H groups in total. The Balaban J connectivity index is 1.06. The number of ether oxygens (including phenoxy) is 3. The van der Waals surface area contributed by atoms with Crippen LogP contribution in [0.2, 0.25) is 10.0 Å². The highest BCUT2D eigenvalue weighted by atomic mass is 35.5. The van der Waals surface area contributed by atoms with Gasteiger partial charge in [-0.3, -0.25) is 23.4 Å². The number of hydrogen-bond donors (Lipinski definition) is 2. The number of benzene rings is 5. The Hall–Kier alpha value is -5.50. The monoisotopic (exact) mass is 922 g/mol. The fourth-order valence-corrected chi connectivity index (χ4v) is 9.07. The fraction of sp³-hybridized carbons (Fsp3) is 0.283. The van der Waals surface area contributed by atoms with Gasteiger partial charge in [0.05, 0.1) is 35.2 Å². The number of carbonyl (C=O) groups is 3. The van der Waals surface area contributed by atoms with Gasteiger partial charge in [0, 0.05) is 29.7 Å². The second-order valence-electron chi connectivity index (χ2n) is 15.3. The van der Waals surface area contributed by atoms with Crippen molar-refractivity contribution in [1.82, 2.24) is 10.6 Å². The SMILES string of the molecule is O=C(COc1ccc(Cl)c(F)c1)NC12CCC(NC(=O)COc3ccc(Cl)c(F)c3)(CC1)[C@@H](OC(=O)Cc1ccccc1OP(=O)(OCc1ccccc1)OCc1ccccc1)C2. The van der Waals surface area contributed by atoms with Crippen LogP contribution in [0.3, 0.4) is 0 Å². The van der Waals surface area contributed by atoms with Gasteiger partial charge >= 0.3 is 13.8 Å². The molecule has 0 aromatic heterocycles. The molecule has 0 unspecified atom stereocenters. The van der Waals surface area contributed by atoms with Crippen LogP contribution in [-0.2, 0) is 52.4 Å². The minimum absolute atomic E-state index is 0.0622. The van der Waals surface area contributed by atoms with Crippen molar-refractivity contribution in [1.29, 1.82) is 0 Å². The Morgan fingerprint density at radius 3 is 1.71 bits per heavy atom. The molecular formula is C46H43Cl2F2N2O10P. The summed E-state index contributed by atoms with van der Waals surface area (Å²) in [5, 5.41) is 5.87. The van der Waals surface area contributed by atoms with Crippen molar-refractivity contribution in [3.63, 3.8) is 0 Å². The standard InChI is InChI=1S/C46H43Cl2F2N2O10P/c47-36-17-15-34(24-38(36)49)57-29-42(53)51-45-19-21-46(22-20-45,52-43(54)30-58-35-16-18-37(48)39(50)25-35)41(26-45)61-44(55)23-33-13-7-8-14-40(33)62-63(56,59-27-31-9-3-1-4-10-31)60-28-32-11-5-2-6-12-32/h1-18,24-25,41H,19-23,26-30H2,(H,51,53)(H,52,54)/t41-,45?,46?/m0/s1. The zero-order valence-electron chi connectivity index (χ0n) is 33.7. The van der Waals surface area contributed by atoms with Crippen molar-refractivity contribution < 1.29 is 55.5 Å². The summed E-state index contributed by atoms with van der Waals surface area (Å²) in [7, 11) is -4.31. The third-order valence-electron chi connectivity index (χ3n) is 10.9. The Bertz CT molecular complexity index is 2410. The average molecular weight is 924 g/mol. The van der Waals surface area contributed by atoms with Crippen molar-refractivity contribution in [2.45, 2.75) is 68.9 Å². The molecule has 2 bridgehead atoms. The number of rotatable bonds is 19. The number of halogens is 4. The van der Waals surface area contributed by atoms with Crippen LogP contribution in [0.4, 0.5) is 8.78 Å². The summed E-state index contributed by atoms with van der Waals surface area (Å²) in [6.45, 7) is -1.07. The Kier molecular flexibility index (Phi) is 14.7. The van der Waals surface area contributed by atoms with Crippen LogP contribution in [0, 0.1) is 11.6 Å². The van der Waals surface area contributed by atoms with Crippen LogP contribution in [0.1, 0.15) is 48.8 Å². The predicted octanol–water partition coefficient (Wildman–Crippen LogP) is 9.49. The number of esters is 1. The van der Waals surface area contributed by atoms with E-state index in [4.69, 9.17) is 51.0 Å².